The minimum Gasteiger partial charge on any atom is -0.479 e. The van der Waals surface area contributed by atoms with E-state index < -0.39 is 12.0 Å². The second-order valence-electron chi connectivity index (χ2n) is 5.29. The summed E-state index contributed by atoms with van der Waals surface area (Å²) in [5.41, 5.74) is 0.551. The van der Waals surface area contributed by atoms with E-state index in [4.69, 9.17) is 0 Å². The van der Waals surface area contributed by atoms with E-state index >= 15 is 0 Å². The molecule has 1 amide bonds. The molecule has 0 heterocycles. The molecule has 4 nitrogen and oxygen atoms in total. The smallest absolute Gasteiger partial charge is 0.330 e. The van der Waals surface area contributed by atoms with Crippen LogP contribution in [0.2, 0.25) is 0 Å². The number of hydrogen-bond donors (Lipinski definition) is 2. The van der Waals surface area contributed by atoms with E-state index in [2.05, 4.69) is 21.2 Å². The van der Waals surface area contributed by atoms with Gasteiger partial charge in [-0.2, -0.15) is 0 Å². The van der Waals surface area contributed by atoms with E-state index in [-0.39, 0.29) is 16.4 Å². The van der Waals surface area contributed by atoms with Crippen molar-refractivity contribution in [3.05, 3.63) is 34.3 Å². The summed E-state index contributed by atoms with van der Waals surface area (Å²) in [6.45, 7) is 6.02. The molecular weight excluding hydrogens is 342 g/mol. The fourth-order valence-electron chi connectivity index (χ4n) is 1.43. The van der Waals surface area contributed by atoms with E-state index in [1.165, 1.54) is 11.8 Å². The van der Waals surface area contributed by atoms with Crippen LogP contribution in [0.3, 0.4) is 0 Å². The Morgan fingerprint density at radius 2 is 1.85 bits per heavy atom. The minimum absolute atomic E-state index is 0.0341. The monoisotopic (exact) mass is 359 g/mol. The maximum absolute atomic E-state index is 11.8. The normalized spacial score (nSPS) is 12.8. The van der Waals surface area contributed by atoms with Crippen molar-refractivity contribution in [3.8, 4) is 0 Å². The number of nitrogens with one attached hydrogen (secondary N) is 1. The molecule has 0 saturated heterocycles. The van der Waals surface area contributed by atoms with Gasteiger partial charge in [-0.15, -0.1) is 11.8 Å². The van der Waals surface area contributed by atoms with Gasteiger partial charge in [0, 0.05) is 9.22 Å². The van der Waals surface area contributed by atoms with Gasteiger partial charge in [0.2, 0.25) is 5.91 Å². The van der Waals surface area contributed by atoms with E-state index in [9.17, 15) is 14.7 Å². The lowest BCUT2D eigenvalue weighted by Crippen LogP contribution is -2.35. The highest BCUT2D eigenvalue weighted by Gasteiger charge is 2.23. The van der Waals surface area contributed by atoms with Crippen LogP contribution in [0.15, 0.2) is 28.7 Å². The van der Waals surface area contributed by atoms with Gasteiger partial charge in [-0.1, -0.05) is 48.8 Å². The van der Waals surface area contributed by atoms with Gasteiger partial charge in [0.25, 0.3) is 0 Å². The molecule has 0 aliphatic rings. The Morgan fingerprint density at radius 1 is 1.30 bits per heavy atom. The van der Waals surface area contributed by atoms with Crippen molar-refractivity contribution in [1.82, 2.24) is 5.32 Å². The van der Waals surface area contributed by atoms with Crippen molar-refractivity contribution in [3.63, 3.8) is 0 Å². The molecule has 1 unspecified atom stereocenters. The fraction of sp³-hybridized carbons (Fsp3) is 0.429. The van der Waals surface area contributed by atoms with Crippen molar-refractivity contribution >= 4 is 39.6 Å². The summed E-state index contributed by atoms with van der Waals surface area (Å²) in [6.07, 6.45) is 0. The predicted molar refractivity (Wildman–Crippen MR) is 84.9 cm³/mol. The summed E-state index contributed by atoms with van der Waals surface area (Å²) in [5, 5.41) is 11.8. The maximum Gasteiger partial charge on any atom is 0.330 e. The van der Waals surface area contributed by atoms with Gasteiger partial charge in [-0.25, -0.2) is 4.79 Å². The van der Waals surface area contributed by atoms with Gasteiger partial charge in [0.1, 0.15) is 0 Å². The second kappa shape index (κ2) is 7.13. The molecule has 0 aliphatic carbocycles. The number of carbonyl (C=O) groups is 2. The number of carbonyl (C=O) groups excluding carboxylic acids is 1. The topological polar surface area (TPSA) is 66.4 Å². The minimum atomic E-state index is -1.07. The van der Waals surface area contributed by atoms with Crippen LogP contribution in [-0.2, 0) is 9.59 Å². The van der Waals surface area contributed by atoms with Gasteiger partial charge < -0.3 is 10.4 Å². The number of aliphatic carboxylic acids is 1. The van der Waals surface area contributed by atoms with Crippen molar-refractivity contribution < 1.29 is 14.7 Å². The van der Waals surface area contributed by atoms with Gasteiger partial charge in [0.15, 0.2) is 6.04 Å². The number of rotatable bonds is 5. The summed E-state index contributed by atoms with van der Waals surface area (Å²) in [4.78, 5) is 23.1. The Kier molecular flexibility index (Phi) is 6.07. The molecular formula is C14H18BrNO3S. The Balaban J connectivity index is 2.71. The van der Waals surface area contributed by atoms with Crippen LogP contribution in [0.4, 0.5) is 0 Å². The highest BCUT2D eigenvalue weighted by molar-refractivity contribution is 9.10. The molecule has 1 aromatic rings. The molecule has 20 heavy (non-hydrogen) atoms. The molecule has 1 aromatic carbocycles. The van der Waals surface area contributed by atoms with E-state index in [0.29, 0.717) is 5.56 Å². The van der Waals surface area contributed by atoms with Crippen molar-refractivity contribution in [2.45, 2.75) is 31.6 Å². The van der Waals surface area contributed by atoms with Crippen molar-refractivity contribution in [1.29, 1.82) is 0 Å². The first-order valence-corrected chi connectivity index (χ1v) is 7.88. The third-order valence-corrected chi connectivity index (χ3v) is 4.19. The lowest BCUT2D eigenvalue weighted by Gasteiger charge is -2.19. The van der Waals surface area contributed by atoms with Gasteiger partial charge in [0.05, 0.1) is 5.75 Å². The average molecular weight is 360 g/mol. The quantitative estimate of drug-likeness (QED) is 0.846. The number of carboxylic acids is 1. The van der Waals surface area contributed by atoms with E-state index in [0.717, 1.165) is 4.47 Å². The first-order chi connectivity index (χ1) is 9.19. The summed E-state index contributed by atoms with van der Waals surface area (Å²) in [6, 6.07) is 5.85. The number of halogens is 1. The molecule has 0 bridgehead atoms. The van der Waals surface area contributed by atoms with Gasteiger partial charge in [-0.3, -0.25) is 4.79 Å². The lowest BCUT2D eigenvalue weighted by atomic mass is 10.1. The number of hydrogen-bond acceptors (Lipinski definition) is 3. The zero-order valence-corrected chi connectivity index (χ0v) is 14.0. The van der Waals surface area contributed by atoms with Crippen LogP contribution >= 0.6 is 27.7 Å². The lowest BCUT2D eigenvalue weighted by molar-refractivity contribution is -0.141. The Hall–Kier alpha value is -1.01. The van der Waals surface area contributed by atoms with Crippen LogP contribution in [0.25, 0.3) is 0 Å². The molecule has 0 aromatic heterocycles. The Labute approximate surface area is 131 Å². The van der Waals surface area contributed by atoms with Crippen molar-refractivity contribution in [2.75, 3.05) is 5.75 Å². The van der Waals surface area contributed by atoms with E-state index in [1.54, 1.807) is 24.3 Å². The third kappa shape index (κ3) is 5.96. The number of carboxylic acid groups (broad SMARTS) is 1. The molecule has 0 saturated carbocycles. The molecule has 1 rings (SSSR count). The first-order valence-electron chi connectivity index (χ1n) is 6.10. The second-order valence-corrected chi connectivity index (χ2v) is 8.01. The zero-order chi connectivity index (χ0) is 15.3. The predicted octanol–water partition coefficient (Wildman–Crippen LogP) is 3.22. The largest absolute Gasteiger partial charge is 0.479 e. The van der Waals surface area contributed by atoms with Crippen LogP contribution < -0.4 is 5.32 Å². The molecule has 2 N–H and O–H groups in total. The van der Waals surface area contributed by atoms with Crippen LogP contribution in [-0.4, -0.2) is 27.5 Å². The Morgan fingerprint density at radius 3 is 2.30 bits per heavy atom. The summed E-state index contributed by atoms with van der Waals surface area (Å²) in [7, 11) is 0. The highest BCUT2D eigenvalue weighted by Crippen LogP contribution is 2.23. The Bertz CT molecular complexity index is 482. The number of benzene rings is 1. The van der Waals surface area contributed by atoms with Crippen LogP contribution in [0.5, 0.6) is 0 Å². The van der Waals surface area contributed by atoms with Crippen molar-refractivity contribution in [2.24, 2.45) is 0 Å². The molecule has 110 valence electrons. The molecule has 0 fully saturated rings. The molecule has 0 aliphatic heterocycles. The van der Waals surface area contributed by atoms with Crippen LogP contribution in [0, 0.1) is 0 Å². The van der Waals surface area contributed by atoms with Gasteiger partial charge in [-0.05, 0) is 17.7 Å². The first kappa shape index (κ1) is 17.0. The zero-order valence-electron chi connectivity index (χ0n) is 11.6. The molecule has 1 atom stereocenters. The van der Waals surface area contributed by atoms with Crippen LogP contribution in [0.1, 0.15) is 32.4 Å². The third-order valence-electron chi connectivity index (χ3n) is 2.39. The summed E-state index contributed by atoms with van der Waals surface area (Å²) >= 11 is 4.77. The number of thioether (sulfide) groups is 1. The maximum atomic E-state index is 11.8. The summed E-state index contributed by atoms with van der Waals surface area (Å²) in [5.74, 6) is -1.11. The average Bonchev–Trinajstić information content (AvgIpc) is 2.33. The fourth-order valence-corrected chi connectivity index (χ4v) is 2.34. The standard InChI is InChI=1S/C14H18BrNO3S/c1-14(2,3)20-8-11(17)16-12(13(18)19)9-4-6-10(15)7-5-9/h4-7,12H,8H2,1-3H3,(H,16,17)(H,18,19). The molecule has 6 heteroatoms. The highest BCUT2D eigenvalue weighted by atomic mass is 79.9. The molecule has 0 radical (unpaired) electrons. The SMILES string of the molecule is CC(C)(C)SCC(=O)NC(C(=O)O)c1ccc(Br)cc1. The molecule has 0 spiro atoms. The summed E-state index contributed by atoms with van der Waals surface area (Å²) < 4.78 is 0.827. The van der Waals surface area contributed by atoms with Gasteiger partial charge >= 0.3 is 5.97 Å². The number of amides is 1. The van der Waals surface area contributed by atoms with E-state index in [1.807, 2.05) is 20.8 Å².